The summed E-state index contributed by atoms with van der Waals surface area (Å²) in [5.74, 6) is 0.551. The van der Waals surface area contributed by atoms with Crippen LogP contribution in [-0.4, -0.2) is 20.1 Å². The summed E-state index contributed by atoms with van der Waals surface area (Å²) in [6.07, 6.45) is 1.58. The van der Waals surface area contributed by atoms with Gasteiger partial charge in [-0.1, -0.05) is 12.1 Å². The fourth-order valence-corrected chi connectivity index (χ4v) is 1.83. The van der Waals surface area contributed by atoms with Crippen LogP contribution in [-0.2, 0) is 0 Å². The van der Waals surface area contributed by atoms with E-state index in [0.717, 1.165) is 5.52 Å². The van der Waals surface area contributed by atoms with Crippen molar-refractivity contribution in [1.29, 1.82) is 0 Å². The lowest BCUT2D eigenvalue weighted by atomic mass is 10.1. The molecule has 2 aromatic heterocycles. The standard InChI is InChI=1S/C12H10N4O/c13-10-5-8-12(15-6-14-8)11(16-10)7-3-1-2-4-9(7)17/h1-6,17H,(H2,13,16)(H,14,15). The van der Waals surface area contributed by atoms with Crippen LogP contribution >= 0.6 is 0 Å². The molecule has 0 bridgehead atoms. The maximum Gasteiger partial charge on any atom is 0.126 e. The number of hydrogen-bond donors (Lipinski definition) is 3. The molecule has 0 atom stereocenters. The second kappa shape index (κ2) is 3.48. The van der Waals surface area contributed by atoms with Crippen molar-refractivity contribution in [3.63, 3.8) is 0 Å². The number of phenolic OH excluding ortho intramolecular Hbond substituents is 1. The van der Waals surface area contributed by atoms with Gasteiger partial charge in [-0.25, -0.2) is 9.97 Å². The molecule has 0 aliphatic carbocycles. The van der Waals surface area contributed by atoms with E-state index in [4.69, 9.17) is 5.73 Å². The number of aromatic hydroxyl groups is 1. The van der Waals surface area contributed by atoms with Gasteiger partial charge in [0.15, 0.2) is 0 Å². The average Bonchev–Trinajstić information content (AvgIpc) is 2.76. The van der Waals surface area contributed by atoms with Crippen molar-refractivity contribution in [2.24, 2.45) is 0 Å². The van der Waals surface area contributed by atoms with Gasteiger partial charge in [-0.05, 0) is 12.1 Å². The minimum atomic E-state index is 0.162. The highest BCUT2D eigenvalue weighted by Gasteiger charge is 2.12. The molecule has 0 radical (unpaired) electrons. The smallest absolute Gasteiger partial charge is 0.126 e. The number of para-hydroxylation sites is 1. The molecular weight excluding hydrogens is 216 g/mol. The van der Waals surface area contributed by atoms with E-state index in [2.05, 4.69) is 15.0 Å². The lowest BCUT2D eigenvalue weighted by Gasteiger charge is -2.05. The maximum absolute atomic E-state index is 9.83. The van der Waals surface area contributed by atoms with Crippen molar-refractivity contribution in [3.8, 4) is 17.0 Å². The van der Waals surface area contributed by atoms with Crippen LogP contribution in [0.5, 0.6) is 5.75 Å². The van der Waals surface area contributed by atoms with Crippen LogP contribution in [0.2, 0.25) is 0 Å². The van der Waals surface area contributed by atoms with Crippen molar-refractivity contribution in [2.45, 2.75) is 0 Å². The van der Waals surface area contributed by atoms with E-state index in [1.165, 1.54) is 0 Å². The van der Waals surface area contributed by atoms with Crippen molar-refractivity contribution >= 4 is 16.9 Å². The van der Waals surface area contributed by atoms with Gasteiger partial charge in [-0.15, -0.1) is 0 Å². The lowest BCUT2D eigenvalue weighted by molar-refractivity contribution is 0.477. The molecule has 3 rings (SSSR count). The number of pyridine rings is 1. The van der Waals surface area contributed by atoms with Crippen LogP contribution in [0, 0.1) is 0 Å². The Labute approximate surface area is 97.0 Å². The predicted octanol–water partition coefficient (Wildman–Crippen LogP) is 1.91. The maximum atomic E-state index is 9.83. The number of aromatic amines is 1. The number of nitrogens with zero attached hydrogens (tertiary/aromatic N) is 2. The Morgan fingerprint density at radius 1 is 1.24 bits per heavy atom. The minimum Gasteiger partial charge on any atom is -0.507 e. The van der Waals surface area contributed by atoms with E-state index < -0.39 is 0 Å². The first-order chi connectivity index (χ1) is 8.25. The van der Waals surface area contributed by atoms with E-state index in [9.17, 15) is 5.11 Å². The number of imidazole rings is 1. The fourth-order valence-electron chi connectivity index (χ4n) is 1.83. The summed E-state index contributed by atoms with van der Waals surface area (Å²) in [5, 5.41) is 9.83. The van der Waals surface area contributed by atoms with E-state index in [-0.39, 0.29) is 5.75 Å². The Kier molecular flexibility index (Phi) is 1.98. The van der Waals surface area contributed by atoms with Crippen molar-refractivity contribution in [3.05, 3.63) is 36.7 Å². The van der Waals surface area contributed by atoms with Crippen LogP contribution < -0.4 is 5.73 Å². The Hall–Kier alpha value is -2.56. The topological polar surface area (TPSA) is 87.8 Å². The Morgan fingerprint density at radius 3 is 2.88 bits per heavy atom. The van der Waals surface area contributed by atoms with Gasteiger partial charge in [-0.3, -0.25) is 0 Å². The highest BCUT2D eigenvalue weighted by molar-refractivity contribution is 5.92. The molecule has 0 fully saturated rings. The number of nitrogens with two attached hydrogens (primary N) is 1. The zero-order valence-electron chi connectivity index (χ0n) is 8.88. The molecule has 2 heterocycles. The summed E-state index contributed by atoms with van der Waals surface area (Å²) in [5.41, 5.74) is 8.43. The molecule has 0 spiro atoms. The SMILES string of the molecule is Nc1cc2[nH]cnc2c(-c2ccccc2O)n1. The van der Waals surface area contributed by atoms with Gasteiger partial charge < -0.3 is 15.8 Å². The lowest BCUT2D eigenvalue weighted by Crippen LogP contribution is -1.94. The Bertz CT molecular complexity index is 690. The zero-order valence-corrected chi connectivity index (χ0v) is 8.88. The summed E-state index contributed by atoms with van der Waals surface area (Å²) in [7, 11) is 0. The van der Waals surface area contributed by atoms with Gasteiger partial charge in [0.25, 0.3) is 0 Å². The Morgan fingerprint density at radius 2 is 2.06 bits per heavy atom. The summed E-state index contributed by atoms with van der Waals surface area (Å²) < 4.78 is 0. The number of aromatic nitrogens is 3. The summed E-state index contributed by atoms with van der Waals surface area (Å²) in [6.45, 7) is 0. The number of nitrogen functional groups attached to an aromatic ring is 1. The molecule has 0 aliphatic heterocycles. The second-order valence-corrected chi connectivity index (χ2v) is 3.71. The number of nitrogens with one attached hydrogen (secondary N) is 1. The molecule has 0 aliphatic rings. The number of phenols is 1. The molecule has 1 aromatic carbocycles. The average molecular weight is 226 g/mol. The first kappa shape index (κ1) is 9.65. The van der Waals surface area contributed by atoms with Gasteiger partial charge in [0, 0.05) is 11.6 Å². The third-order valence-corrected chi connectivity index (χ3v) is 2.59. The molecule has 0 amide bonds. The first-order valence-corrected chi connectivity index (χ1v) is 5.13. The largest absolute Gasteiger partial charge is 0.507 e. The van der Waals surface area contributed by atoms with Gasteiger partial charge in [0.1, 0.15) is 22.8 Å². The number of rotatable bonds is 1. The first-order valence-electron chi connectivity index (χ1n) is 5.13. The quantitative estimate of drug-likeness (QED) is 0.591. The van der Waals surface area contributed by atoms with Gasteiger partial charge in [0.05, 0.1) is 11.8 Å². The van der Waals surface area contributed by atoms with E-state index in [1.807, 2.05) is 6.07 Å². The van der Waals surface area contributed by atoms with Crippen LogP contribution in [0.1, 0.15) is 0 Å². The molecule has 17 heavy (non-hydrogen) atoms. The molecule has 4 N–H and O–H groups in total. The van der Waals surface area contributed by atoms with E-state index in [1.54, 1.807) is 30.6 Å². The number of H-pyrrole nitrogens is 1. The molecule has 0 unspecified atom stereocenters. The fraction of sp³-hybridized carbons (Fsp3) is 0. The van der Waals surface area contributed by atoms with Crippen LogP contribution in [0.3, 0.4) is 0 Å². The molecule has 0 saturated heterocycles. The number of anilines is 1. The van der Waals surface area contributed by atoms with Gasteiger partial charge >= 0.3 is 0 Å². The summed E-state index contributed by atoms with van der Waals surface area (Å²) in [4.78, 5) is 11.4. The van der Waals surface area contributed by atoms with Gasteiger partial charge in [0.2, 0.25) is 0 Å². The zero-order chi connectivity index (χ0) is 11.8. The van der Waals surface area contributed by atoms with Crippen LogP contribution in [0.15, 0.2) is 36.7 Å². The second-order valence-electron chi connectivity index (χ2n) is 3.71. The normalized spacial score (nSPS) is 10.8. The van der Waals surface area contributed by atoms with E-state index >= 15 is 0 Å². The predicted molar refractivity (Wildman–Crippen MR) is 65.4 cm³/mol. The number of benzene rings is 1. The third kappa shape index (κ3) is 1.48. The highest BCUT2D eigenvalue weighted by Crippen LogP contribution is 2.32. The third-order valence-electron chi connectivity index (χ3n) is 2.59. The van der Waals surface area contributed by atoms with Gasteiger partial charge in [-0.2, -0.15) is 0 Å². The molecule has 84 valence electrons. The molecule has 5 nitrogen and oxygen atoms in total. The van der Waals surface area contributed by atoms with Crippen molar-refractivity contribution in [1.82, 2.24) is 15.0 Å². The minimum absolute atomic E-state index is 0.162. The molecule has 0 saturated carbocycles. The summed E-state index contributed by atoms with van der Waals surface area (Å²) in [6, 6.07) is 8.70. The molecular formula is C12H10N4O. The highest BCUT2D eigenvalue weighted by atomic mass is 16.3. The summed E-state index contributed by atoms with van der Waals surface area (Å²) >= 11 is 0. The van der Waals surface area contributed by atoms with E-state index in [0.29, 0.717) is 22.6 Å². The van der Waals surface area contributed by atoms with Crippen LogP contribution in [0.25, 0.3) is 22.3 Å². The molecule has 5 heteroatoms. The van der Waals surface area contributed by atoms with Crippen LogP contribution in [0.4, 0.5) is 5.82 Å². The monoisotopic (exact) mass is 226 g/mol. The molecule has 3 aromatic rings. The Balaban J connectivity index is 2.37. The van der Waals surface area contributed by atoms with Crippen molar-refractivity contribution in [2.75, 3.05) is 5.73 Å². The number of fused-ring (bicyclic) bond motifs is 1. The van der Waals surface area contributed by atoms with Crippen molar-refractivity contribution < 1.29 is 5.11 Å². The number of hydrogen-bond acceptors (Lipinski definition) is 4.